The minimum atomic E-state index is -0.0172. The molecule has 0 heterocycles. The van der Waals surface area contributed by atoms with Crippen LogP contribution in [-0.4, -0.2) is 38.0 Å². The van der Waals surface area contributed by atoms with E-state index in [4.69, 9.17) is 0 Å². The van der Waals surface area contributed by atoms with Crippen LogP contribution in [0.5, 0.6) is 0 Å². The van der Waals surface area contributed by atoms with Crippen LogP contribution < -0.4 is 5.32 Å². The molecule has 4 heteroatoms. The number of hydrogen-bond donors (Lipinski definition) is 1. The lowest BCUT2D eigenvalue weighted by Gasteiger charge is -2.44. The van der Waals surface area contributed by atoms with Gasteiger partial charge in [0.05, 0.1) is 0 Å². The third-order valence-corrected chi connectivity index (χ3v) is 3.61. The van der Waals surface area contributed by atoms with Gasteiger partial charge in [-0.3, -0.25) is 4.79 Å². The monoisotopic (exact) mass is 262 g/mol. The first-order valence-corrected chi connectivity index (χ1v) is 6.42. The number of carbonyl (C=O) groups is 1. The maximum Gasteiger partial charge on any atom is 0.228 e. The average molecular weight is 263 g/mol. The highest BCUT2D eigenvalue weighted by Gasteiger charge is 2.45. The minimum absolute atomic E-state index is 0. The number of amides is 1. The van der Waals surface area contributed by atoms with E-state index in [0.717, 1.165) is 32.4 Å². The van der Waals surface area contributed by atoms with Gasteiger partial charge >= 0.3 is 0 Å². The van der Waals surface area contributed by atoms with Gasteiger partial charge in [0.15, 0.2) is 0 Å². The van der Waals surface area contributed by atoms with E-state index in [0.29, 0.717) is 11.8 Å². The van der Waals surface area contributed by atoms with Gasteiger partial charge in [0.2, 0.25) is 5.91 Å². The van der Waals surface area contributed by atoms with Crippen LogP contribution in [0, 0.1) is 11.3 Å². The Balaban J connectivity index is 0.00000256. The Bertz CT molecular complexity index is 240. The number of halogens is 1. The van der Waals surface area contributed by atoms with Crippen LogP contribution in [0.4, 0.5) is 0 Å². The quantitative estimate of drug-likeness (QED) is 0.797. The SMILES string of the molecule is CNCCN(C)C(=O)C1(CC(C)C)CCC1.Cl. The van der Waals surface area contributed by atoms with E-state index in [1.54, 1.807) is 0 Å². The fourth-order valence-corrected chi connectivity index (χ4v) is 2.68. The highest BCUT2D eigenvalue weighted by atomic mass is 35.5. The number of rotatable bonds is 6. The zero-order valence-electron chi connectivity index (χ0n) is 11.6. The predicted octanol–water partition coefficient (Wildman–Crippen LogP) is 2.30. The smallest absolute Gasteiger partial charge is 0.228 e. The van der Waals surface area contributed by atoms with Crippen LogP contribution in [0.15, 0.2) is 0 Å². The minimum Gasteiger partial charge on any atom is -0.344 e. The van der Waals surface area contributed by atoms with Crippen molar-refractivity contribution in [2.75, 3.05) is 27.2 Å². The summed E-state index contributed by atoms with van der Waals surface area (Å²) in [6.45, 7) is 6.11. The van der Waals surface area contributed by atoms with Gasteiger partial charge in [0.25, 0.3) is 0 Å². The summed E-state index contributed by atoms with van der Waals surface area (Å²) in [6.07, 6.45) is 4.45. The fourth-order valence-electron chi connectivity index (χ4n) is 2.68. The third kappa shape index (κ3) is 4.14. The van der Waals surface area contributed by atoms with Gasteiger partial charge in [-0.25, -0.2) is 0 Å². The van der Waals surface area contributed by atoms with Gasteiger partial charge in [0.1, 0.15) is 0 Å². The number of nitrogens with one attached hydrogen (secondary N) is 1. The normalized spacial score (nSPS) is 17.2. The van der Waals surface area contributed by atoms with Crippen molar-refractivity contribution in [1.82, 2.24) is 10.2 Å². The van der Waals surface area contributed by atoms with Crippen molar-refractivity contribution in [3.63, 3.8) is 0 Å². The molecule has 0 aromatic heterocycles. The first-order valence-electron chi connectivity index (χ1n) is 6.42. The van der Waals surface area contributed by atoms with E-state index in [-0.39, 0.29) is 17.8 Å². The molecule has 0 radical (unpaired) electrons. The largest absolute Gasteiger partial charge is 0.344 e. The molecule has 0 aromatic carbocycles. The molecular formula is C13H27ClN2O. The highest BCUT2D eigenvalue weighted by molar-refractivity contribution is 5.85. The summed E-state index contributed by atoms with van der Waals surface area (Å²) < 4.78 is 0. The number of hydrogen-bond acceptors (Lipinski definition) is 2. The van der Waals surface area contributed by atoms with E-state index in [9.17, 15) is 4.79 Å². The van der Waals surface area contributed by atoms with E-state index < -0.39 is 0 Å². The van der Waals surface area contributed by atoms with E-state index in [2.05, 4.69) is 19.2 Å². The maximum absolute atomic E-state index is 12.4. The summed E-state index contributed by atoms with van der Waals surface area (Å²) in [5.74, 6) is 0.977. The van der Waals surface area contributed by atoms with Crippen molar-refractivity contribution in [3.05, 3.63) is 0 Å². The van der Waals surface area contributed by atoms with Crippen molar-refractivity contribution in [2.45, 2.75) is 39.5 Å². The first-order chi connectivity index (χ1) is 7.52. The second kappa shape index (κ2) is 7.22. The van der Waals surface area contributed by atoms with E-state index in [1.807, 2.05) is 19.0 Å². The van der Waals surface area contributed by atoms with Crippen LogP contribution in [0.1, 0.15) is 39.5 Å². The van der Waals surface area contributed by atoms with E-state index >= 15 is 0 Å². The molecule has 0 aliphatic heterocycles. The summed E-state index contributed by atoms with van der Waals surface area (Å²) in [6, 6.07) is 0. The summed E-state index contributed by atoms with van der Waals surface area (Å²) in [4.78, 5) is 14.3. The second-order valence-electron chi connectivity index (χ2n) is 5.56. The van der Waals surface area contributed by atoms with Gasteiger partial charge in [-0.05, 0) is 32.2 Å². The molecule has 1 rings (SSSR count). The predicted molar refractivity (Wildman–Crippen MR) is 74.6 cm³/mol. The first kappa shape index (κ1) is 16.7. The van der Waals surface area contributed by atoms with E-state index in [1.165, 1.54) is 6.42 Å². The molecule has 102 valence electrons. The molecule has 0 saturated heterocycles. The van der Waals surface area contributed by atoms with Gasteiger partial charge in [-0.15, -0.1) is 12.4 Å². The van der Waals surface area contributed by atoms with Crippen LogP contribution >= 0.6 is 12.4 Å². The molecule has 17 heavy (non-hydrogen) atoms. The Morgan fingerprint density at radius 3 is 2.35 bits per heavy atom. The lowest BCUT2D eigenvalue weighted by Crippen LogP contribution is -2.48. The Labute approximate surface area is 112 Å². The molecule has 1 amide bonds. The second-order valence-corrected chi connectivity index (χ2v) is 5.56. The molecule has 1 saturated carbocycles. The molecule has 3 nitrogen and oxygen atoms in total. The van der Waals surface area contributed by atoms with Crippen molar-refractivity contribution in [2.24, 2.45) is 11.3 Å². The zero-order chi connectivity index (χ0) is 12.2. The summed E-state index contributed by atoms with van der Waals surface area (Å²) in [5.41, 5.74) is -0.0172. The van der Waals surface area contributed by atoms with Crippen molar-refractivity contribution in [3.8, 4) is 0 Å². The maximum atomic E-state index is 12.4. The molecule has 0 spiro atoms. The molecule has 1 aliphatic rings. The van der Waals surface area contributed by atoms with Crippen molar-refractivity contribution in [1.29, 1.82) is 0 Å². The van der Waals surface area contributed by atoms with Crippen molar-refractivity contribution >= 4 is 18.3 Å². The standard InChI is InChI=1S/C13H26N2O.ClH/c1-11(2)10-13(6-5-7-13)12(16)15(4)9-8-14-3;/h11,14H,5-10H2,1-4H3;1H. The number of nitrogens with zero attached hydrogens (tertiary/aromatic N) is 1. The molecule has 1 N–H and O–H groups in total. The molecule has 1 fully saturated rings. The third-order valence-electron chi connectivity index (χ3n) is 3.61. The fraction of sp³-hybridized carbons (Fsp3) is 0.923. The Kier molecular flexibility index (Phi) is 7.10. The Hall–Kier alpha value is -0.280. The number of likely N-dealkylation sites (N-methyl/N-ethyl adjacent to an activating group) is 2. The molecular weight excluding hydrogens is 236 g/mol. The highest BCUT2D eigenvalue weighted by Crippen LogP contribution is 2.47. The average Bonchev–Trinajstić information content (AvgIpc) is 2.18. The lowest BCUT2D eigenvalue weighted by atomic mass is 9.63. The summed E-state index contributed by atoms with van der Waals surface area (Å²) in [7, 11) is 3.85. The molecule has 0 atom stereocenters. The van der Waals surface area contributed by atoms with Crippen LogP contribution in [0.25, 0.3) is 0 Å². The molecule has 0 bridgehead atoms. The van der Waals surface area contributed by atoms with Gasteiger partial charge in [0, 0.05) is 25.6 Å². The van der Waals surface area contributed by atoms with Crippen LogP contribution in [0.3, 0.4) is 0 Å². The zero-order valence-corrected chi connectivity index (χ0v) is 12.4. The summed E-state index contributed by atoms with van der Waals surface area (Å²) >= 11 is 0. The number of carbonyl (C=O) groups excluding carboxylic acids is 1. The molecule has 0 unspecified atom stereocenters. The Morgan fingerprint density at radius 2 is 2.00 bits per heavy atom. The van der Waals surface area contributed by atoms with Crippen LogP contribution in [-0.2, 0) is 4.79 Å². The van der Waals surface area contributed by atoms with Gasteiger partial charge in [-0.2, -0.15) is 0 Å². The summed E-state index contributed by atoms with van der Waals surface area (Å²) in [5, 5.41) is 3.09. The van der Waals surface area contributed by atoms with Gasteiger partial charge < -0.3 is 10.2 Å². The molecule has 1 aliphatic carbocycles. The van der Waals surface area contributed by atoms with Crippen LogP contribution in [0.2, 0.25) is 0 Å². The lowest BCUT2D eigenvalue weighted by molar-refractivity contribution is -0.147. The Morgan fingerprint density at radius 1 is 1.41 bits per heavy atom. The van der Waals surface area contributed by atoms with Gasteiger partial charge in [-0.1, -0.05) is 20.3 Å². The van der Waals surface area contributed by atoms with Crippen molar-refractivity contribution < 1.29 is 4.79 Å². The topological polar surface area (TPSA) is 32.3 Å². The molecule has 0 aromatic rings.